The molecule has 1 N–H and O–H groups in total. The van der Waals surface area contributed by atoms with Crippen molar-refractivity contribution < 1.29 is 9.53 Å². The van der Waals surface area contributed by atoms with Gasteiger partial charge in [-0.3, -0.25) is 0 Å². The molecule has 156 valence electrons. The lowest BCUT2D eigenvalue weighted by Crippen LogP contribution is -2.40. The Bertz CT molecular complexity index is 1180. The number of phenolic OH excluding ortho intramolecular Hbond substituents is 1. The zero-order valence-corrected chi connectivity index (χ0v) is 19.0. The maximum Gasteiger partial charge on any atom is 0.192 e. The van der Waals surface area contributed by atoms with Gasteiger partial charge in [0.05, 0.1) is 29.7 Å². The molecule has 30 heavy (non-hydrogen) atoms. The number of fused-ring (bicyclic) bond motifs is 1. The SMILES string of the molecule is CC(C)(C)[Si](C)(C)OCc1cccc(-n2ncc3c(-n4cccn4)cc(O)cc32)n1. The first-order chi connectivity index (χ1) is 14.2. The van der Waals surface area contributed by atoms with Crippen molar-refractivity contribution in [1.82, 2.24) is 24.5 Å². The van der Waals surface area contributed by atoms with Gasteiger partial charge in [-0.15, -0.1) is 0 Å². The number of nitrogens with zero attached hydrogens (tertiary/aromatic N) is 5. The van der Waals surface area contributed by atoms with Crippen LogP contribution in [0.3, 0.4) is 0 Å². The normalized spacial score (nSPS) is 12.6. The van der Waals surface area contributed by atoms with Crippen LogP contribution < -0.4 is 0 Å². The van der Waals surface area contributed by atoms with Crippen LogP contribution in [-0.4, -0.2) is 38.0 Å². The summed E-state index contributed by atoms with van der Waals surface area (Å²) in [5, 5.41) is 20.1. The molecule has 3 heterocycles. The Morgan fingerprint density at radius 1 is 1.10 bits per heavy atom. The molecular weight excluding hydrogens is 394 g/mol. The highest BCUT2D eigenvalue weighted by Crippen LogP contribution is 2.37. The second-order valence-electron chi connectivity index (χ2n) is 8.94. The molecule has 0 bridgehead atoms. The first-order valence-corrected chi connectivity index (χ1v) is 12.9. The average Bonchev–Trinajstić information content (AvgIpc) is 3.35. The summed E-state index contributed by atoms with van der Waals surface area (Å²) in [5.74, 6) is 0.825. The molecule has 8 heteroatoms. The predicted octanol–water partition coefficient (Wildman–Crippen LogP) is 4.83. The van der Waals surface area contributed by atoms with Gasteiger partial charge in [0.1, 0.15) is 5.75 Å². The van der Waals surface area contributed by atoms with Crippen molar-refractivity contribution in [2.45, 2.75) is 45.5 Å². The second kappa shape index (κ2) is 7.37. The van der Waals surface area contributed by atoms with Gasteiger partial charge < -0.3 is 9.53 Å². The molecule has 0 saturated carbocycles. The van der Waals surface area contributed by atoms with Crippen LogP contribution in [0.15, 0.2) is 55.0 Å². The van der Waals surface area contributed by atoms with E-state index in [4.69, 9.17) is 9.41 Å². The highest BCUT2D eigenvalue weighted by Gasteiger charge is 2.37. The third-order valence-corrected chi connectivity index (χ3v) is 10.3. The molecule has 0 amide bonds. The molecule has 0 fully saturated rings. The van der Waals surface area contributed by atoms with Crippen LogP contribution >= 0.6 is 0 Å². The van der Waals surface area contributed by atoms with E-state index >= 15 is 0 Å². The maximum absolute atomic E-state index is 10.3. The van der Waals surface area contributed by atoms with Crippen molar-refractivity contribution in [3.63, 3.8) is 0 Å². The Labute approximate surface area is 177 Å². The predicted molar refractivity (Wildman–Crippen MR) is 120 cm³/mol. The fraction of sp³-hybridized carbons (Fsp3) is 0.318. The highest BCUT2D eigenvalue weighted by atomic mass is 28.4. The molecule has 0 atom stereocenters. The smallest absolute Gasteiger partial charge is 0.192 e. The van der Waals surface area contributed by atoms with Crippen molar-refractivity contribution in [2.24, 2.45) is 0 Å². The van der Waals surface area contributed by atoms with Crippen LogP contribution in [0, 0.1) is 0 Å². The summed E-state index contributed by atoms with van der Waals surface area (Å²) < 4.78 is 9.77. The minimum atomic E-state index is -1.87. The van der Waals surface area contributed by atoms with Crippen molar-refractivity contribution >= 4 is 19.2 Å². The summed E-state index contributed by atoms with van der Waals surface area (Å²) >= 11 is 0. The van der Waals surface area contributed by atoms with Crippen LogP contribution in [0.5, 0.6) is 5.75 Å². The van der Waals surface area contributed by atoms with Crippen LogP contribution in [0.25, 0.3) is 22.4 Å². The molecule has 0 aliphatic carbocycles. The van der Waals surface area contributed by atoms with E-state index in [0.29, 0.717) is 12.4 Å². The van der Waals surface area contributed by atoms with Crippen LogP contribution in [-0.2, 0) is 11.0 Å². The molecule has 1 aromatic carbocycles. The van der Waals surface area contributed by atoms with Crippen LogP contribution in [0.4, 0.5) is 0 Å². The summed E-state index contributed by atoms with van der Waals surface area (Å²) in [5.41, 5.74) is 2.38. The van der Waals surface area contributed by atoms with Gasteiger partial charge in [-0.05, 0) is 36.3 Å². The molecule has 0 spiro atoms. The van der Waals surface area contributed by atoms with Gasteiger partial charge in [-0.25, -0.2) is 14.3 Å². The van der Waals surface area contributed by atoms with Gasteiger partial charge in [0.15, 0.2) is 14.1 Å². The third kappa shape index (κ3) is 3.76. The Kier molecular flexibility index (Phi) is 4.99. The lowest BCUT2D eigenvalue weighted by atomic mass is 10.2. The van der Waals surface area contributed by atoms with Gasteiger partial charge in [-0.2, -0.15) is 10.2 Å². The number of aromatic hydroxyl groups is 1. The monoisotopic (exact) mass is 421 g/mol. The summed E-state index contributed by atoms with van der Waals surface area (Å²) in [4.78, 5) is 4.77. The van der Waals surface area contributed by atoms with E-state index < -0.39 is 8.32 Å². The van der Waals surface area contributed by atoms with E-state index in [1.165, 1.54) is 0 Å². The number of hydrogen-bond donors (Lipinski definition) is 1. The maximum atomic E-state index is 10.3. The number of hydrogen-bond acceptors (Lipinski definition) is 5. The molecule has 0 aliphatic heterocycles. The average molecular weight is 422 g/mol. The highest BCUT2D eigenvalue weighted by molar-refractivity contribution is 6.74. The van der Waals surface area contributed by atoms with Crippen molar-refractivity contribution in [2.75, 3.05) is 0 Å². The van der Waals surface area contributed by atoms with Gasteiger partial charge in [0.25, 0.3) is 0 Å². The summed E-state index contributed by atoms with van der Waals surface area (Å²) in [6.07, 6.45) is 5.31. The largest absolute Gasteiger partial charge is 0.508 e. The fourth-order valence-electron chi connectivity index (χ4n) is 3.01. The van der Waals surface area contributed by atoms with E-state index in [1.54, 1.807) is 33.9 Å². The standard InChI is InChI=1S/C22H27N5O2Si/c1-22(2,3)30(4,5)29-15-16-8-6-9-21(25-16)27-20-13-17(28)12-19(18(20)14-24-27)26-11-7-10-23-26/h6-14,28H,15H2,1-5H3. The Morgan fingerprint density at radius 2 is 1.90 bits per heavy atom. The number of pyridine rings is 1. The molecule has 0 radical (unpaired) electrons. The molecule has 4 rings (SSSR count). The number of benzene rings is 1. The van der Waals surface area contributed by atoms with E-state index in [9.17, 15) is 5.11 Å². The van der Waals surface area contributed by atoms with E-state index in [1.807, 2.05) is 30.5 Å². The first-order valence-electron chi connectivity index (χ1n) is 9.97. The Balaban J connectivity index is 1.69. The van der Waals surface area contributed by atoms with Gasteiger partial charge in [-0.1, -0.05) is 26.8 Å². The quantitative estimate of drug-likeness (QED) is 0.467. The van der Waals surface area contributed by atoms with Crippen molar-refractivity contribution in [1.29, 1.82) is 0 Å². The summed E-state index contributed by atoms with van der Waals surface area (Å²) in [7, 11) is -1.87. The molecule has 0 saturated heterocycles. The molecule has 0 unspecified atom stereocenters. The summed E-state index contributed by atoms with van der Waals surface area (Å²) in [6, 6.07) is 11.0. The molecular formula is C22H27N5O2Si. The minimum absolute atomic E-state index is 0.142. The first kappa shape index (κ1) is 20.3. The van der Waals surface area contributed by atoms with Gasteiger partial charge >= 0.3 is 0 Å². The molecule has 4 aromatic rings. The molecule has 3 aromatic heterocycles. The fourth-order valence-corrected chi connectivity index (χ4v) is 3.96. The zero-order chi connectivity index (χ0) is 21.5. The minimum Gasteiger partial charge on any atom is -0.508 e. The van der Waals surface area contributed by atoms with Gasteiger partial charge in [0.2, 0.25) is 0 Å². The molecule has 7 nitrogen and oxygen atoms in total. The van der Waals surface area contributed by atoms with E-state index in [0.717, 1.165) is 22.3 Å². The topological polar surface area (TPSA) is 78.0 Å². The number of rotatable bonds is 5. The molecule has 0 aliphatic rings. The summed E-state index contributed by atoms with van der Waals surface area (Å²) in [6.45, 7) is 11.6. The second-order valence-corrected chi connectivity index (χ2v) is 13.8. The van der Waals surface area contributed by atoms with Crippen molar-refractivity contribution in [3.05, 3.63) is 60.7 Å². The van der Waals surface area contributed by atoms with E-state index in [-0.39, 0.29) is 10.8 Å². The van der Waals surface area contributed by atoms with Crippen LogP contribution in [0.1, 0.15) is 26.5 Å². The Hall–Kier alpha value is -2.97. The lowest BCUT2D eigenvalue weighted by Gasteiger charge is -2.36. The van der Waals surface area contributed by atoms with E-state index in [2.05, 4.69) is 44.1 Å². The number of aromatic nitrogens is 5. The van der Waals surface area contributed by atoms with Gasteiger partial charge in [0, 0.05) is 29.9 Å². The lowest BCUT2D eigenvalue weighted by molar-refractivity contribution is 0.272. The number of phenols is 1. The third-order valence-electron chi connectivity index (χ3n) is 5.80. The zero-order valence-electron chi connectivity index (χ0n) is 18.0. The Morgan fingerprint density at radius 3 is 2.60 bits per heavy atom. The van der Waals surface area contributed by atoms with Crippen molar-refractivity contribution in [3.8, 4) is 17.3 Å². The van der Waals surface area contributed by atoms with Crippen LogP contribution in [0.2, 0.25) is 18.1 Å².